The molecule has 0 aliphatic carbocycles. The Bertz CT molecular complexity index is 382. The monoisotopic (exact) mass is 307 g/mol. The topological polar surface area (TPSA) is 42.7 Å². The van der Waals surface area contributed by atoms with E-state index in [-0.39, 0.29) is 17.2 Å². The van der Waals surface area contributed by atoms with Crippen molar-refractivity contribution in [1.82, 2.24) is 4.90 Å². The summed E-state index contributed by atoms with van der Waals surface area (Å²) in [5.41, 5.74) is 0.414. The normalized spacial score (nSPS) is 21.1. The molecule has 0 saturated carbocycles. The highest BCUT2D eigenvalue weighted by Gasteiger charge is 2.26. The van der Waals surface area contributed by atoms with E-state index < -0.39 is 0 Å². The summed E-state index contributed by atoms with van der Waals surface area (Å²) in [6.45, 7) is 1.72. The molecule has 4 nitrogen and oxygen atoms in total. The van der Waals surface area contributed by atoms with Crippen LogP contribution < -0.4 is 0 Å². The predicted molar refractivity (Wildman–Crippen MR) is 63.2 cm³/mol. The van der Waals surface area contributed by atoms with Gasteiger partial charge in [-0.05, 0) is 17.7 Å². The van der Waals surface area contributed by atoms with Gasteiger partial charge >= 0.3 is 0 Å². The van der Waals surface area contributed by atoms with Crippen molar-refractivity contribution in [3.63, 3.8) is 0 Å². The highest BCUT2D eigenvalue weighted by molar-refractivity contribution is 9.09. The molecule has 1 aliphatic heterocycles. The Morgan fingerprint density at radius 3 is 3.12 bits per heavy atom. The molecule has 2 heterocycles. The summed E-state index contributed by atoms with van der Waals surface area (Å²) in [5, 5.41) is 0.863. The number of alkyl halides is 1. The smallest absolute Gasteiger partial charge is 0.258 e. The van der Waals surface area contributed by atoms with Crippen LogP contribution in [0.5, 0.6) is 0 Å². The third-order valence-corrected chi connectivity index (χ3v) is 3.46. The molecule has 1 aliphatic rings. The van der Waals surface area contributed by atoms with E-state index in [1.54, 1.807) is 11.0 Å². The summed E-state index contributed by atoms with van der Waals surface area (Å²) in [4.78, 5) is 13.8. The third kappa shape index (κ3) is 2.42. The number of carbonyl (C=O) groups is 1. The molecule has 0 radical (unpaired) electrons. The van der Waals surface area contributed by atoms with E-state index in [1.165, 1.54) is 6.26 Å². The molecule has 88 valence electrons. The molecule has 0 spiro atoms. The first kappa shape index (κ1) is 12.0. The Balaban J connectivity index is 2.07. The number of nitrogens with zero attached hydrogens (tertiary/aromatic N) is 1. The molecule has 1 fully saturated rings. The van der Waals surface area contributed by atoms with Gasteiger partial charge in [-0.15, -0.1) is 0 Å². The predicted octanol–water partition coefficient (Wildman–Crippen LogP) is 2.17. The lowest BCUT2D eigenvalue weighted by Gasteiger charge is -2.31. The van der Waals surface area contributed by atoms with E-state index in [2.05, 4.69) is 15.9 Å². The number of furan rings is 1. The van der Waals surface area contributed by atoms with Crippen molar-refractivity contribution in [1.29, 1.82) is 0 Å². The van der Waals surface area contributed by atoms with Gasteiger partial charge in [0.05, 0.1) is 24.5 Å². The molecule has 1 aromatic heterocycles. The second-order valence-corrected chi connectivity index (χ2v) is 4.50. The van der Waals surface area contributed by atoms with Gasteiger partial charge in [0.1, 0.15) is 0 Å². The number of ether oxygens (including phenoxy) is 1. The quantitative estimate of drug-likeness (QED) is 0.786. The van der Waals surface area contributed by atoms with Crippen molar-refractivity contribution >= 4 is 33.4 Å². The van der Waals surface area contributed by atoms with Crippen LogP contribution in [-0.2, 0) is 4.74 Å². The molecule has 16 heavy (non-hydrogen) atoms. The molecule has 0 aromatic carbocycles. The fourth-order valence-electron chi connectivity index (χ4n) is 1.61. The first-order chi connectivity index (χ1) is 7.72. The molecule has 0 N–H and O–H groups in total. The first-order valence-corrected chi connectivity index (χ1v) is 6.42. The van der Waals surface area contributed by atoms with E-state index in [0.717, 1.165) is 5.33 Å². The number of hydrogen-bond acceptors (Lipinski definition) is 3. The van der Waals surface area contributed by atoms with Crippen LogP contribution >= 0.6 is 27.5 Å². The summed E-state index contributed by atoms with van der Waals surface area (Å²) in [6.07, 6.45) is 1.46. The molecule has 2 rings (SSSR count). The van der Waals surface area contributed by atoms with Gasteiger partial charge in [0.15, 0.2) is 0 Å². The summed E-state index contributed by atoms with van der Waals surface area (Å²) in [5.74, 6) is -0.104. The second kappa shape index (κ2) is 5.21. The molecule has 1 unspecified atom stereocenters. The number of hydrogen-bond donors (Lipinski definition) is 0. The van der Waals surface area contributed by atoms with Gasteiger partial charge in [0.25, 0.3) is 5.91 Å². The lowest BCUT2D eigenvalue weighted by atomic mass is 10.2. The van der Waals surface area contributed by atoms with Crippen molar-refractivity contribution in [2.24, 2.45) is 0 Å². The molecule has 1 atom stereocenters. The van der Waals surface area contributed by atoms with Crippen LogP contribution in [0.25, 0.3) is 0 Å². The average Bonchev–Trinajstić information content (AvgIpc) is 2.74. The Kier molecular flexibility index (Phi) is 3.89. The Morgan fingerprint density at radius 2 is 2.50 bits per heavy atom. The van der Waals surface area contributed by atoms with Gasteiger partial charge in [-0.2, -0.15) is 0 Å². The van der Waals surface area contributed by atoms with E-state index in [9.17, 15) is 4.79 Å². The minimum absolute atomic E-state index is 0.0448. The third-order valence-electron chi connectivity index (χ3n) is 2.45. The van der Waals surface area contributed by atoms with Crippen LogP contribution in [0, 0.1) is 0 Å². The highest BCUT2D eigenvalue weighted by atomic mass is 79.9. The summed E-state index contributed by atoms with van der Waals surface area (Å²) < 4.78 is 10.4. The number of morpholine rings is 1. The maximum absolute atomic E-state index is 12.1. The van der Waals surface area contributed by atoms with Gasteiger partial charge in [-0.3, -0.25) is 4.79 Å². The van der Waals surface area contributed by atoms with Gasteiger partial charge in [0.2, 0.25) is 5.22 Å². The molecular formula is C10H11BrClNO3. The summed E-state index contributed by atoms with van der Waals surface area (Å²) >= 11 is 9.11. The van der Waals surface area contributed by atoms with Crippen molar-refractivity contribution in [3.05, 3.63) is 23.1 Å². The van der Waals surface area contributed by atoms with Crippen LogP contribution in [0.2, 0.25) is 5.22 Å². The summed E-state index contributed by atoms with van der Waals surface area (Å²) in [6, 6.07) is 1.59. The van der Waals surface area contributed by atoms with E-state index in [4.69, 9.17) is 20.8 Å². The highest BCUT2D eigenvalue weighted by Crippen LogP contribution is 2.20. The number of halogens is 2. The van der Waals surface area contributed by atoms with E-state index >= 15 is 0 Å². The van der Waals surface area contributed by atoms with Crippen molar-refractivity contribution in [3.8, 4) is 0 Å². The molecule has 0 bridgehead atoms. The van der Waals surface area contributed by atoms with Crippen molar-refractivity contribution < 1.29 is 13.9 Å². The largest absolute Gasteiger partial charge is 0.452 e. The molecule has 1 amide bonds. The molecule has 1 saturated heterocycles. The van der Waals surface area contributed by atoms with Gasteiger partial charge < -0.3 is 14.1 Å². The zero-order chi connectivity index (χ0) is 11.5. The van der Waals surface area contributed by atoms with Crippen molar-refractivity contribution in [2.45, 2.75) is 6.10 Å². The minimum atomic E-state index is -0.104. The Labute approximate surface area is 107 Å². The second-order valence-electron chi connectivity index (χ2n) is 3.51. The van der Waals surface area contributed by atoms with Crippen molar-refractivity contribution in [2.75, 3.05) is 25.0 Å². The summed E-state index contributed by atoms with van der Waals surface area (Å²) in [7, 11) is 0. The van der Waals surface area contributed by atoms with Crippen LogP contribution in [0.1, 0.15) is 10.4 Å². The first-order valence-electron chi connectivity index (χ1n) is 4.92. The van der Waals surface area contributed by atoms with Gasteiger partial charge in [-0.1, -0.05) is 15.9 Å². The number of carbonyl (C=O) groups excluding carboxylic acids is 1. The number of rotatable bonds is 2. The number of amides is 1. The zero-order valence-electron chi connectivity index (χ0n) is 8.49. The van der Waals surface area contributed by atoms with E-state index in [0.29, 0.717) is 25.3 Å². The minimum Gasteiger partial charge on any atom is -0.452 e. The zero-order valence-corrected chi connectivity index (χ0v) is 10.8. The maximum Gasteiger partial charge on any atom is 0.258 e. The van der Waals surface area contributed by atoms with Gasteiger partial charge in [0, 0.05) is 18.4 Å². The molecule has 6 heteroatoms. The maximum atomic E-state index is 12.1. The molecule has 1 aromatic rings. The average molecular weight is 309 g/mol. The standard InChI is InChI=1S/C10H11BrClNO3/c11-5-7-6-13(2-4-15-7)10(14)8-1-3-16-9(8)12/h1,3,7H,2,4-6H2. The van der Waals surface area contributed by atoms with Crippen LogP contribution in [0.4, 0.5) is 0 Å². The Morgan fingerprint density at radius 1 is 1.69 bits per heavy atom. The fraction of sp³-hybridized carbons (Fsp3) is 0.500. The van der Waals surface area contributed by atoms with Crippen LogP contribution in [-0.4, -0.2) is 41.9 Å². The van der Waals surface area contributed by atoms with Gasteiger partial charge in [-0.25, -0.2) is 0 Å². The lowest BCUT2D eigenvalue weighted by Crippen LogP contribution is -2.46. The SMILES string of the molecule is O=C(c1ccoc1Cl)N1CCOC(CBr)C1. The van der Waals surface area contributed by atoms with E-state index in [1.807, 2.05) is 0 Å². The van der Waals surface area contributed by atoms with Crippen LogP contribution in [0.3, 0.4) is 0 Å². The van der Waals surface area contributed by atoms with Crippen LogP contribution in [0.15, 0.2) is 16.7 Å². The Hall–Kier alpha value is -0.520. The lowest BCUT2D eigenvalue weighted by molar-refractivity contribution is -0.00966. The molecular weight excluding hydrogens is 297 g/mol. The fourth-order valence-corrected chi connectivity index (χ4v) is 2.20.